The summed E-state index contributed by atoms with van der Waals surface area (Å²) in [6.07, 6.45) is 3.63. The van der Waals surface area contributed by atoms with Crippen molar-refractivity contribution in [1.29, 1.82) is 0 Å². The van der Waals surface area contributed by atoms with Crippen LogP contribution < -0.4 is 5.32 Å². The molecule has 0 atom stereocenters. The van der Waals surface area contributed by atoms with E-state index < -0.39 is 0 Å². The SMILES string of the molecule is CCOC(=O)c1csc2ncnc(NC3CCN(Cc4ccccc4)CC3)c12. The summed E-state index contributed by atoms with van der Waals surface area (Å²) in [7, 11) is 0. The largest absolute Gasteiger partial charge is 0.462 e. The zero-order valence-electron chi connectivity index (χ0n) is 15.9. The summed E-state index contributed by atoms with van der Waals surface area (Å²) in [4.78, 5) is 24.3. The molecule has 0 unspecified atom stereocenters. The third-order valence-corrected chi connectivity index (χ3v) is 5.93. The Bertz CT molecular complexity index is 936. The van der Waals surface area contributed by atoms with Crippen molar-refractivity contribution in [3.8, 4) is 0 Å². The summed E-state index contributed by atoms with van der Waals surface area (Å²) < 4.78 is 5.19. The Labute approximate surface area is 168 Å². The molecule has 0 saturated carbocycles. The fourth-order valence-electron chi connectivity index (χ4n) is 3.61. The van der Waals surface area contributed by atoms with Gasteiger partial charge in [-0.3, -0.25) is 4.90 Å². The van der Waals surface area contributed by atoms with Crippen LogP contribution in [0.2, 0.25) is 0 Å². The van der Waals surface area contributed by atoms with E-state index in [0.717, 1.165) is 48.5 Å². The molecule has 1 N–H and O–H groups in total. The zero-order valence-corrected chi connectivity index (χ0v) is 16.7. The molecule has 0 bridgehead atoms. The summed E-state index contributed by atoms with van der Waals surface area (Å²) in [5.41, 5.74) is 1.90. The molecule has 1 saturated heterocycles. The number of aromatic nitrogens is 2. The van der Waals surface area contributed by atoms with Crippen LogP contribution in [0.4, 0.5) is 5.82 Å². The molecule has 4 rings (SSSR count). The number of hydrogen-bond donors (Lipinski definition) is 1. The topological polar surface area (TPSA) is 67.3 Å². The van der Waals surface area contributed by atoms with Gasteiger partial charge >= 0.3 is 5.97 Å². The third kappa shape index (κ3) is 4.15. The van der Waals surface area contributed by atoms with Gasteiger partial charge in [0.2, 0.25) is 0 Å². The van der Waals surface area contributed by atoms with Gasteiger partial charge in [-0.25, -0.2) is 14.8 Å². The number of benzene rings is 1. The van der Waals surface area contributed by atoms with E-state index in [2.05, 4.69) is 50.5 Å². The van der Waals surface area contributed by atoms with E-state index in [1.807, 2.05) is 12.3 Å². The number of piperidine rings is 1. The highest BCUT2D eigenvalue weighted by Gasteiger charge is 2.23. The molecule has 0 aliphatic carbocycles. The molecule has 6 nitrogen and oxygen atoms in total. The Balaban J connectivity index is 1.43. The second-order valence-corrected chi connectivity index (χ2v) is 7.81. The van der Waals surface area contributed by atoms with Crippen LogP contribution in [0.25, 0.3) is 10.2 Å². The van der Waals surface area contributed by atoms with Gasteiger partial charge in [0.05, 0.1) is 17.6 Å². The van der Waals surface area contributed by atoms with Crippen molar-refractivity contribution >= 4 is 33.3 Å². The first-order valence-corrected chi connectivity index (χ1v) is 10.5. The van der Waals surface area contributed by atoms with Crippen LogP contribution in [0.1, 0.15) is 35.7 Å². The molecular weight excluding hydrogens is 372 g/mol. The number of nitrogens with zero attached hydrogens (tertiary/aromatic N) is 3. The third-order valence-electron chi connectivity index (χ3n) is 5.04. The number of likely N-dealkylation sites (tertiary alicyclic amines) is 1. The molecule has 1 aliphatic rings. The van der Waals surface area contributed by atoms with Gasteiger partial charge in [0.15, 0.2) is 0 Å². The van der Waals surface area contributed by atoms with Gasteiger partial charge < -0.3 is 10.1 Å². The summed E-state index contributed by atoms with van der Waals surface area (Å²) in [6, 6.07) is 10.9. The van der Waals surface area contributed by atoms with Gasteiger partial charge in [-0.05, 0) is 25.3 Å². The van der Waals surface area contributed by atoms with Gasteiger partial charge in [-0.15, -0.1) is 11.3 Å². The van der Waals surface area contributed by atoms with Crippen LogP contribution in [0.15, 0.2) is 42.0 Å². The van der Waals surface area contributed by atoms with E-state index in [-0.39, 0.29) is 5.97 Å². The first kappa shape index (κ1) is 18.8. The minimum atomic E-state index is -0.315. The second kappa shape index (κ2) is 8.67. The average Bonchev–Trinajstić information content (AvgIpc) is 3.16. The number of ether oxygens (including phenoxy) is 1. The molecule has 0 amide bonds. The maximum Gasteiger partial charge on any atom is 0.339 e. The number of carbonyl (C=O) groups is 1. The fourth-order valence-corrected chi connectivity index (χ4v) is 4.49. The number of esters is 1. The molecule has 3 heterocycles. The summed E-state index contributed by atoms with van der Waals surface area (Å²) in [5.74, 6) is 0.417. The minimum Gasteiger partial charge on any atom is -0.462 e. The van der Waals surface area contributed by atoms with E-state index in [0.29, 0.717) is 18.2 Å². The number of hydrogen-bond acceptors (Lipinski definition) is 7. The van der Waals surface area contributed by atoms with Crippen LogP contribution in [-0.2, 0) is 11.3 Å². The smallest absolute Gasteiger partial charge is 0.339 e. The van der Waals surface area contributed by atoms with Gasteiger partial charge in [0.1, 0.15) is 17.0 Å². The van der Waals surface area contributed by atoms with Gasteiger partial charge in [0, 0.05) is 31.1 Å². The molecule has 0 radical (unpaired) electrons. The Morgan fingerprint density at radius 3 is 2.79 bits per heavy atom. The summed E-state index contributed by atoms with van der Waals surface area (Å²) in [6.45, 7) is 5.23. The van der Waals surface area contributed by atoms with Crippen molar-refractivity contribution in [1.82, 2.24) is 14.9 Å². The lowest BCUT2D eigenvalue weighted by Crippen LogP contribution is -2.38. The molecule has 1 fully saturated rings. The van der Waals surface area contributed by atoms with Crippen LogP contribution in [0, 0.1) is 0 Å². The van der Waals surface area contributed by atoms with Crippen molar-refractivity contribution in [2.45, 2.75) is 32.4 Å². The molecule has 3 aromatic rings. The Morgan fingerprint density at radius 1 is 1.25 bits per heavy atom. The van der Waals surface area contributed by atoms with E-state index in [1.165, 1.54) is 16.9 Å². The number of thiophene rings is 1. The lowest BCUT2D eigenvalue weighted by Gasteiger charge is -2.32. The zero-order chi connectivity index (χ0) is 19.3. The van der Waals surface area contributed by atoms with Gasteiger partial charge in [-0.1, -0.05) is 30.3 Å². The number of anilines is 1. The van der Waals surface area contributed by atoms with E-state index in [9.17, 15) is 4.79 Å². The van der Waals surface area contributed by atoms with Crippen molar-refractivity contribution in [2.75, 3.05) is 25.0 Å². The maximum absolute atomic E-state index is 12.3. The number of nitrogens with one attached hydrogen (secondary N) is 1. The van der Waals surface area contributed by atoms with Crippen molar-refractivity contribution in [2.24, 2.45) is 0 Å². The molecule has 0 spiro atoms. The molecule has 2 aromatic heterocycles. The van der Waals surface area contributed by atoms with E-state index in [4.69, 9.17) is 4.74 Å². The Hall–Kier alpha value is -2.51. The van der Waals surface area contributed by atoms with Crippen LogP contribution >= 0.6 is 11.3 Å². The lowest BCUT2D eigenvalue weighted by atomic mass is 10.0. The first-order chi connectivity index (χ1) is 13.7. The molecule has 1 aliphatic heterocycles. The number of fused-ring (bicyclic) bond motifs is 1. The standard InChI is InChI=1S/C21H24N4O2S/c1-2-27-21(26)17-13-28-20-18(17)19(22-14-23-20)24-16-8-10-25(11-9-16)12-15-6-4-3-5-7-15/h3-7,13-14,16H,2,8-12H2,1H3,(H,22,23,24). The highest BCUT2D eigenvalue weighted by Crippen LogP contribution is 2.31. The minimum absolute atomic E-state index is 0.315. The predicted molar refractivity (Wildman–Crippen MR) is 112 cm³/mol. The molecule has 7 heteroatoms. The van der Waals surface area contributed by atoms with Crippen LogP contribution in [0.3, 0.4) is 0 Å². The van der Waals surface area contributed by atoms with Crippen molar-refractivity contribution in [3.63, 3.8) is 0 Å². The monoisotopic (exact) mass is 396 g/mol. The van der Waals surface area contributed by atoms with Crippen molar-refractivity contribution < 1.29 is 9.53 Å². The molecule has 28 heavy (non-hydrogen) atoms. The quantitative estimate of drug-likeness (QED) is 0.637. The predicted octanol–water partition coefficient (Wildman–Crippen LogP) is 3.94. The number of rotatable bonds is 6. The lowest BCUT2D eigenvalue weighted by molar-refractivity contribution is 0.0529. The average molecular weight is 397 g/mol. The molecule has 1 aromatic carbocycles. The normalized spacial score (nSPS) is 15.6. The maximum atomic E-state index is 12.3. The highest BCUT2D eigenvalue weighted by atomic mass is 32.1. The highest BCUT2D eigenvalue weighted by molar-refractivity contribution is 7.17. The number of carbonyl (C=O) groups excluding carboxylic acids is 1. The van der Waals surface area contributed by atoms with Crippen LogP contribution in [0.5, 0.6) is 0 Å². The summed E-state index contributed by atoms with van der Waals surface area (Å²) in [5, 5.41) is 6.14. The fraction of sp³-hybridized carbons (Fsp3) is 0.381. The van der Waals surface area contributed by atoms with E-state index in [1.54, 1.807) is 6.33 Å². The molecule has 146 valence electrons. The Morgan fingerprint density at radius 2 is 2.04 bits per heavy atom. The molecular formula is C21H24N4O2S. The van der Waals surface area contributed by atoms with Crippen LogP contribution in [-0.4, -0.2) is 46.6 Å². The Kier molecular flexibility index (Phi) is 5.83. The van der Waals surface area contributed by atoms with Gasteiger partial charge in [0.25, 0.3) is 0 Å². The van der Waals surface area contributed by atoms with Crippen molar-refractivity contribution in [3.05, 3.63) is 53.2 Å². The van der Waals surface area contributed by atoms with E-state index >= 15 is 0 Å². The second-order valence-electron chi connectivity index (χ2n) is 6.95. The first-order valence-electron chi connectivity index (χ1n) is 9.66. The summed E-state index contributed by atoms with van der Waals surface area (Å²) >= 11 is 1.45. The van der Waals surface area contributed by atoms with Gasteiger partial charge in [-0.2, -0.15) is 0 Å².